The first kappa shape index (κ1) is 17.6. The van der Waals surface area contributed by atoms with E-state index in [1.807, 2.05) is 0 Å². The fourth-order valence-electron chi connectivity index (χ4n) is 1.31. The molecule has 0 heterocycles. The lowest BCUT2D eigenvalue weighted by Gasteiger charge is -2.22. The molecule has 0 saturated heterocycles. The number of carbonyl (C=O) groups is 1. The molecule has 0 spiro atoms. The minimum absolute atomic E-state index is 0.110. The van der Waals surface area contributed by atoms with Gasteiger partial charge >= 0.3 is 5.97 Å². The summed E-state index contributed by atoms with van der Waals surface area (Å²) in [6, 6.07) is 0. The molecule has 0 N–H and O–H groups in total. The van der Waals surface area contributed by atoms with Crippen molar-refractivity contribution < 1.29 is 26.9 Å². The molecular formula is C10H19ClO6S. The fourth-order valence-corrected chi connectivity index (χ4v) is 2.15. The zero-order valence-corrected chi connectivity index (χ0v) is 12.3. The SMILES string of the molecule is COC(CCS(=O)(=O)OC)C(C)OC(=O)CCCl. The molecule has 0 aliphatic carbocycles. The second-order valence-electron chi connectivity index (χ2n) is 3.63. The zero-order valence-electron chi connectivity index (χ0n) is 10.7. The van der Waals surface area contributed by atoms with Crippen LogP contribution in [0.15, 0.2) is 0 Å². The molecule has 0 amide bonds. The van der Waals surface area contributed by atoms with E-state index < -0.39 is 28.3 Å². The summed E-state index contributed by atoms with van der Waals surface area (Å²) in [5.41, 5.74) is 0. The van der Waals surface area contributed by atoms with E-state index in [-0.39, 0.29) is 24.5 Å². The van der Waals surface area contributed by atoms with E-state index in [9.17, 15) is 13.2 Å². The number of rotatable bonds is 9. The van der Waals surface area contributed by atoms with Gasteiger partial charge in [0, 0.05) is 13.0 Å². The van der Waals surface area contributed by atoms with Crippen molar-refractivity contribution in [3.8, 4) is 0 Å². The van der Waals surface area contributed by atoms with Gasteiger partial charge in [0.1, 0.15) is 6.10 Å². The molecule has 0 saturated carbocycles. The molecule has 0 fully saturated rings. The quantitative estimate of drug-likeness (QED) is 0.358. The van der Waals surface area contributed by atoms with E-state index in [2.05, 4.69) is 4.18 Å². The van der Waals surface area contributed by atoms with Crippen molar-refractivity contribution in [1.82, 2.24) is 0 Å². The monoisotopic (exact) mass is 302 g/mol. The van der Waals surface area contributed by atoms with Crippen molar-refractivity contribution in [3.05, 3.63) is 0 Å². The Kier molecular flexibility index (Phi) is 8.51. The van der Waals surface area contributed by atoms with Crippen LogP contribution < -0.4 is 0 Å². The van der Waals surface area contributed by atoms with Crippen LogP contribution in [0.5, 0.6) is 0 Å². The maximum Gasteiger partial charge on any atom is 0.307 e. The van der Waals surface area contributed by atoms with Crippen LogP contribution >= 0.6 is 11.6 Å². The highest BCUT2D eigenvalue weighted by Gasteiger charge is 2.23. The Morgan fingerprint density at radius 2 is 1.94 bits per heavy atom. The van der Waals surface area contributed by atoms with Gasteiger partial charge in [0.25, 0.3) is 10.1 Å². The lowest BCUT2D eigenvalue weighted by Crippen LogP contribution is -2.32. The van der Waals surface area contributed by atoms with Gasteiger partial charge in [-0.05, 0) is 13.3 Å². The Morgan fingerprint density at radius 1 is 1.33 bits per heavy atom. The summed E-state index contributed by atoms with van der Waals surface area (Å²) >= 11 is 5.41. The van der Waals surface area contributed by atoms with Crippen molar-refractivity contribution in [3.63, 3.8) is 0 Å². The molecule has 2 unspecified atom stereocenters. The van der Waals surface area contributed by atoms with Crippen molar-refractivity contribution in [2.75, 3.05) is 25.9 Å². The van der Waals surface area contributed by atoms with E-state index in [0.717, 1.165) is 7.11 Å². The molecular weight excluding hydrogens is 284 g/mol. The molecule has 2 atom stereocenters. The molecule has 108 valence electrons. The molecule has 0 rings (SSSR count). The highest BCUT2D eigenvalue weighted by molar-refractivity contribution is 7.86. The van der Waals surface area contributed by atoms with Gasteiger partial charge in [-0.25, -0.2) is 0 Å². The third-order valence-electron chi connectivity index (χ3n) is 2.35. The molecule has 0 aromatic carbocycles. The predicted molar refractivity (Wildman–Crippen MR) is 67.1 cm³/mol. The van der Waals surface area contributed by atoms with Gasteiger partial charge < -0.3 is 9.47 Å². The average molecular weight is 303 g/mol. The zero-order chi connectivity index (χ0) is 14.2. The van der Waals surface area contributed by atoms with Crippen LogP contribution in [0.4, 0.5) is 0 Å². The van der Waals surface area contributed by atoms with E-state index in [0.29, 0.717) is 0 Å². The van der Waals surface area contributed by atoms with Crippen molar-refractivity contribution in [2.45, 2.75) is 32.0 Å². The lowest BCUT2D eigenvalue weighted by molar-refractivity contribution is -0.154. The minimum atomic E-state index is -3.54. The Bertz CT molecular complexity index is 342. The molecule has 0 aromatic heterocycles. The molecule has 0 aliphatic heterocycles. The first-order valence-electron chi connectivity index (χ1n) is 5.42. The molecule has 0 aliphatic rings. The number of hydrogen-bond acceptors (Lipinski definition) is 6. The summed E-state index contributed by atoms with van der Waals surface area (Å²) in [5.74, 6) is -0.449. The maximum atomic E-state index is 11.2. The number of carbonyl (C=O) groups excluding carboxylic acids is 1. The van der Waals surface area contributed by atoms with E-state index in [1.165, 1.54) is 7.11 Å². The number of methoxy groups -OCH3 is 1. The number of hydrogen-bond donors (Lipinski definition) is 0. The van der Waals surface area contributed by atoms with Crippen LogP contribution in [0.2, 0.25) is 0 Å². The van der Waals surface area contributed by atoms with Gasteiger partial charge in [-0.3, -0.25) is 8.98 Å². The summed E-state index contributed by atoms with van der Waals surface area (Å²) in [6.07, 6.45) is -0.757. The first-order chi connectivity index (χ1) is 8.36. The van der Waals surface area contributed by atoms with Crippen LogP contribution in [0.3, 0.4) is 0 Å². The summed E-state index contributed by atoms with van der Waals surface area (Å²) in [6.45, 7) is 1.64. The lowest BCUT2D eigenvalue weighted by atomic mass is 10.2. The van der Waals surface area contributed by atoms with Gasteiger partial charge in [0.2, 0.25) is 0 Å². The molecule has 0 bridgehead atoms. The second-order valence-corrected chi connectivity index (χ2v) is 5.86. The third kappa shape index (κ3) is 7.15. The number of esters is 1. The molecule has 18 heavy (non-hydrogen) atoms. The maximum absolute atomic E-state index is 11.2. The van der Waals surface area contributed by atoms with Crippen LogP contribution in [-0.2, 0) is 28.6 Å². The largest absolute Gasteiger partial charge is 0.460 e. The van der Waals surface area contributed by atoms with E-state index in [1.54, 1.807) is 6.92 Å². The normalized spacial score (nSPS) is 15.1. The van der Waals surface area contributed by atoms with Gasteiger partial charge in [-0.2, -0.15) is 8.42 Å². The fraction of sp³-hybridized carbons (Fsp3) is 0.900. The molecule has 0 aromatic rings. The third-order valence-corrected chi connectivity index (χ3v) is 3.78. The first-order valence-corrected chi connectivity index (χ1v) is 7.54. The summed E-state index contributed by atoms with van der Waals surface area (Å²) in [7, 11) is -1.01. The number of halogens is 1. The van der Waals surface area contributed by atoms with Gasteiger partial charge in [0.15, 0.2) is 0 Å². The summed E-state index contributed by atoms with van der Waals surface area (Å²) < 4.78 is 36.8. The standard InChI is InChI=1S/C10H19ClO6S/c1-8(17-10(12)4-6-11)9(15-2)5-7-18(13,14)16-3/h8-9H,4-7H2,1-3H3. The van der Waals surface area contributed by atoms with Gasteiger partial charge in [0.05, 0.1) is 25.4 Å². The summed E-state index contributed by atoms with van der Waals surface area (Å²) in [5, 5.41) is 0. The predicted octanol–water partition coefficient (Wildman–Crippen LogP) is 0.928. The van der Waals surface area contributed by atoms with Crippen LogP contribution in [-0.4, -0.2) is 52.4 Å². The Labute approximate surface area is 113 Å². The topological polar surface area (TPSA) is 78.9 Å². The number of alkyl halides is 1. The summed E-state index contributed by atoms with van der Waals surface area (Å²) in [4.78, 5) is 11.2. The Hall–Kier alpha value is -0.370. The highest BCUT2D eigenvalue weighted by Crippen LogP contribution is 2.11. The van der Waals surface area contributed by atoms with Crippen molar-refractivity contribution in [2.24, 2.45) is 0 Å². The smallest absolute Gasteiger partial charge is 0.307 e. The van der Waals surface area contributed by atoms with Crippen LogP contribution in [0.25, 0.3) is 0 Å². The van der Waals surface area contributed by atoms with E-state index in [4.69, 9.17) is 21.1 Å². The molecule has 8 heteroatoms. The van der Waals surface area contributed by atoms with Gasteiger partial charge in [-0.1, -0.05) is 0 Å². The van der Waals surface area contributed by atoms with Crippen LogP contribution in [0, 0.1) is 0 Å². The minimum Gasteiger partial charge on any atom is -0.460 e. The highest BCUT2D eigenvalue weighted by atomic mass is 35.5. The Balaban J connectivity index is 4.27. The molecule has 6 nitrogen and oxygen atoms in total. The van der Waals surface area contributed by atoms with Gasteiger partial charge in [-0.15, -0.1) is 11.6 Å². The van der Waals surface area contributed by atoms with Crippen molar-refractivity contribution in [1.29, 1.82) is 0 Å². The molecule has 0 radical (unpaired) electrons. The Morgan fingerprint density at radius 3 is 2.39 bits per heavy atom. The van der Waals surface area contributed by atoms with E-state index >= 15 is 0 Å². The second kappa shape index (κ2) is 8.68. The van der Waals surface area contributed by atoms with Crippen LogP contribution in [0.1, 0.15) is 19.8 Å². The number of ether oxygens (including phenoxy) is 2. The van der Waals surface area contributed by atoms with Crippen molar-refractivity contribution >= 4 is 27.7 Å². The average Bonchev–Trinajstić information content (AvgIpc) is 2.29.